The van der Waals surface area contributed by atoms with Crippen molar-refractivity contribution >= 4 is 52.3 Å². The third-order valence-corrected chi connectivity index (χ3v) is 7.20. The maximum Gasteiger partial charge on any atom is 0.417 e. The molecule has 1 atom stereocenters. The predicted octanol–water partition coefficient (Wildman–Crippen LogP) is 4.09. The highest BCUT2D eigenvalue weighted by atomic mass is 32.2. The number of benzene rings is 2. The van der Waals surface area contributed by atoms with Crippen LogP contribution in [0.5, 0.6) is 5.75 Å². The van der Waals surface area contributed by atoms with Gasteiger partial charge in [-0.05, 0) is 62.5 Å². The number of ether oxygens (including phenoxy) is 1. The summed E-state index contributed by atoms with van der Waals surface area (Å²) in [6, 6.07) is 9.70. The van der Waals surface area contributed by atoms with E-state index in [-0.39, 0.29) is 16.7 Å². The molecule has 2 aromatic rings. The first kappa shape index (κ1) is 24.8. The van der Waals surface area contributed by atoms with Gasteiger partial charge < -0.3 is 15.0 Å². The molecule has 0 saturated carbocycles. The van der Waals surface area contributed by atoms with Crippen LogP contribution in [0.1, 0.15) is 25.0 Å². The summed E-state index contributed by atoms with van der Waals surface area (Å²) in [4.78, 5) is 28.6. The Labute approximate surface area is 208 Å². The molecule has 4 rings (SSSR count). The van der Waals surface area contributed by atoms with Crippen molar-refractivity contribution in [3.05, 3.63) is 47.5 Å². The van der Waals surface area contributed by atoms with E-state index in [0.717, 1.165) is 21.9 Å². The second kappa shape index (κ2) is 8.73. The van der Waals surface area contributed by atoms with Crippen LogP contribution in [0.4, 0.5) is 24.5 Å². The summed E-state index contributed by atoms with van der Waals surface area (Å²) in [6.07, 6.45) is -5.41. The zero-order valence-electron chi connectivity index (χ0n) is 18.8. The van der Waals surface area contributed by atoms with Crippen LogP contribution in [0.15, 0.2) is 41.3 Å². The maximum absolute atomic E-state index is 13.5. The van der Waals surface area contributed by atoms with E-state index in [4.69, 9.17) is 22.2 Å². The summed E-state index contributed by atoms with van der Waals surface area (Å²) < 4.78 is 46.3. The first-order chi connectivity index (χ1) is 16.4. The summed E-state index contributed by atoms with van der Waals surface area (Å²) in [7, 11) is 1.53. The second-order valence-electron chi connectivity index (χ2n) is 8.32. The van der Waals surface area contributed by atoms with Crippen LogP contribution in [0, 0.1) is 11.3 Å². The number of carbonyl (C=O) groups excluding carboxylic acids is 2. The molecule has 35 heavy (non-hydrogen) atoms. The number of likely N-dealkylation sites (N-methyl/N-ethyl adjacent to an activating group) is 1. The number of nitrogens with zero attached hydrogens (tertiary/aromatic N) is 3. The van der Waals surface area contributed by atoms with Gasteiger partial charge in [0.15, 0.2) is 11.2 Å². The average molecular weight is 521 g/mol. The van der Waals surface area contributed by atoms with E-state index in [9.17, 15) is 22.8 Å². The van der Waals surface area contributed by atoms with Crippen molar-refractivity contribution in [1.29, 1.82) is 5.26 Å². The molecule has 2 heterocycles. The quantitative estimate of drug-likeness (QED) is 0.610. The Kier molecular flexibility index (Phi) is 6.19. The highest BCUT2D eigenvalue weighted by Crippen LogP contribution is 2.43. The highest BCUT2D eigenvalue weighted by molar-refractivity contribution is 7.99. The smallest absolute Gasteiger partial charge is 0.417 e. The molecule has 2 amide bonds. The van der Waals surface area contributed by atoms with E-state index >= 15 is 0 Å². The number of thioether (sulfide) groups is 1. The van der Waals surface area contributed by atoms with Gasteiger partial charge in [-0.2, -0.15) is 18.4 Å². The van der Waals surface area contributed by atoms with Crippen molar-refractivity contribution < 1.29 is 27.5 Å². The van der Waals surface area contributed by atoms with Crippen molar-refractivity contribution in [2.24, 2.45) is 0 Å². The molecule has 0 unspecified atom stereocenters. The lowest BCUT2D eigenvalue weighted by Crippen LogP contribution is -2.44. The number of thiocarbonyl (C=S) groups is 1. The Morgan fingerprint density at radius 1 is 1.26 bits per heavy atom. The number of nitrogens with one attached hydrogen (secondary N) is 1. The molecule has 0 aromatic heterocycles. The van der Waals surface area contributed by atoms with Gasteiger partial charge in [-0.15, -0.1) is 11.8 Å². The van der Waals surface area contributed by atoms with Gasteiger partial charge >= 0.3 is 6.18 Å². The topological polar surface area (TPSA) is 85.7 Å². The van der Waals surface area contributed by atoms with E-state index in [2.05, 4.69) is 5.32 Å². The van der Waals surface area contributed by atoms with Crippen LogP contribution in [-0.2, 0) is 15.8 Å². The number of hydrogen-bond acceptors (Lipinski definition) is 6. The lowest BCUT2D eigenvalue weighted by Gasteiger charge is -2.31. The molecule has 2 aliphatic rings. The Balaban J connectivity index is 1.71. The molecule has 12 heteroatoms. The number of alkyl halides is 3. The number of fused-ring (bicyclic) bond motifs is 1. The minimum Gasteiger partial charge on any atom is -0.479 e. The van der Waals surface area contributed by atoms with Gasteiger partial charge in [0, 0.05) is 18.5 Å². The molecule has 1 N–H and O–H groups in total. The fourth-order valence-corrected chi connectivity index (χ4v) is 5.48. The molecule has 0 bridgehead atoms. The van der Waals surface area contributed by atoms with Crippen molar-refractivity contribution in [2.45, 2.75) is 36.6 Å². The van der Waals surface area contributed by atoms with Crippen LogP contribution in [-0.4, -0.2) is 41.4 Å². The second-order valence-corrected chi connectivity index (χ2v) is 9.75. The summed E-state index contributed by atoms with van der Waals surface area (Å²) in [5, 5.41) is 11.6. The molecule has 0 spiro atoms. The van der Waals surface area contributed by atoms with Crippen LogP contribution in [0.3, 0.4) is 0 Å². The summed E-state index contributed by atoms with van der Waals surface area (Å²) in [5.41, 5.74) is -2.42. The van der Waals surface area contributed by atoms with E-state index < -0.39 is 34.9 Å². The Bertz CT molecular complexity index is 1290. The monoisotopic (exact) mass is 520 g/mol. The summed E-state index contributed by atoms with van der Waals surface area (Å²) in [5.74, 6) is 0.143. The summed E-state index contributed by atoms with van der Waals surface area (Å²) in [6.45, 7) is 3.25. The van der Waals surface area contributed by atoms with Gasteiger partial charge in [-0.25, -0.2) is 0 Å². The molecular weight excluding hydrogens is 501 g/mol. The van der Waals surface area contributed by atoms with Crippen LogP contribution in [0.25, 0.3) is 0 Å². The van der Waals surface area contributed by atoms with Crippen molar-refractivity contribution in [2.75, 3.05) is 22.6 Å². The van der Waals surface area contributed by atoms with Gasteiger partial charge in [-0.3, -0.25) is 14.5 Å². The predicted molar refractivity (Wildman–Crippen MR) is 128 cm³/mol. The molecule has 1 saturated heterocycles. The standard InChI is InChI=1S/C23H19F3N4O3S2/c1-22(2)20(32)29(13-5-4-12(10-27)15(8-13)23(24,25)26)21(34)30(22)14-6-7-16-18(9-14)35-11-17(33-16)19(31)28-3/h4-9,17H,11H2,1-3H3,(H,28,31)/t17-/m0/s1. The van der Waals surface area contributed by atoms with Crippen LogP contribution in [0.2, 0.25) is 0 Å². The number of halogens is 3. The van der Waals surface area contributed by atoms with Crippen LogP contribution >= 0.6 is 24.0 Å². The Hall–Kier alpha value is -3.30. The first-order valence-electron chi connectivity index (χ1n) is 10.4. The zero-order chi connectivity index (χ0) is 25.7. The third-order valence-electron chi connectivity index (χ3n) is 5.74. The molecule has 182 valence electrons. The fourth-order valence-electron chi connectivity index (χ4n) is 3.95. The zero-order valence-corrected chi connectivity index (χ0v) is 20.4. The number of carbonyl (C=O) groups is 2. The number of rotatable bonds is 3. The van der Waals surface area contributed by atoms with Crippen molar-refractivity contribution in [1.82, 2.24) is 5.32 Å². The van der Waals surface area contributed by atoms with Gasteiger partial charge in [0.1, 0.15) is 11.3 Å². The lowest BCUT2D eigenvalue weighted by atomic mass is 10.0. The SMILES string of the molecule is CNC(=O)[C@@H]1CSc2cc(N3C(=S)N(c4ccc(C#N)c(C(F)(F)F)c4)C(=O)C3(C)C)ccc2O1. The fraction of sp³-hybridized carbons (Fsp3) is 0.304. The van der Waals surface area contributed by atoms with E-state index in [1.54, 1.807) is 36.9 Å². The Morgan fingerprint density at radius 3 is 2.57 bits per heavy atom. The van der Waals surface area contributed by atoms with Crippen LogP contribution < -0.4 is 19.9 Å². The van der Waals surface area contributed by atoms with Gasteiger partial charge in [-0.1, -0.05) is 0 Å². The number of hydrogen-bond donors (Lipinski definition) is 1. The molecule has 1 fully saturated rings. The van der Waals surface area contributed by atoms with E-state index in [1.165, 1.54) is 30.9 Å². The summed E-state index contributed by atoms with van der Waals surface area (Å²) >= 11 is 6.98. The van der Waals surface area contributed by atoms with Crippen molar-refractivity contribution in [3.63, 3.8) is 0 Å². The van der Waals surface area contributed by atoms with Gasteiger partial charge in [0.2, 0.25) is 0 Å². The number of nitriles is 1. The number of anilines is 2. The molecule has 7 nitrogen and oxygen atoms in total. The minimum absolute atomic E-state index is 0.00254. The highest BCUT2D eigenvalue weighted by Gasteiger charge is 2.51. The number of amides is 2. The average Bonchev–Trinajstić information content (AvgIpc) is 3.00. The third kappa shape index (κ3) is 4.19. The molecule has 0 radical (unpaired) electrons. The van der Waals surface area contributed by atoms with Gasteiger partial charge in [0.05, 0.1) is 27.8 Å². The van der Waals surface area contributed by atoms with Gasteiger partial charge in [0.25, 0.3) is 11.8 Å². The maximum atomic E-state index is 13.5. The minimum atomic E-state index is -4.77. The lowest BCUT2D eigenvalue weighted by molar-refractivity contribution is -0.137. The van der Waals surface area contributed by atoms with E-state index in [1.807, 2.05) is 0 Å². The van der Waals surface area contributed by atoms with Crippen molar-refractivity contribution in [3.8, 4) is 11.8 Å². The molecule has 2 aliphatic heterocycles. The molecule has 2 aromatic carbocycles. The molecular formula is C23H19F3N4O3S2. The van der Waals surface area contributed by atoms with E-state index in [0.29, 0.717) is 17.2 Å². The first-order valence-corrected chi connectivity index (χ1v) is 11.7. The largest absolute Gasteiger partial charge is 0.479 e. The Morgan fingerprint density at radius 2 is 1.94 bits per heavy atom. The molecule has 0 aliphatic carbocycles. The normalized spacial score (nSPS) is 19.2.